The molecule has 0 atom stereocenters. The fourth-order valence-corrected chi connectivity index (χ4v) is 2.94. The molecule has 2 heterocycles. The summed E-state index contributed by atoms with van der Waals surface area (Å²) in [4.78, 5) is 37.9. The first-order valence-electron chi connectivity index (χ1n) is 8.24. The van der Waals surface area contributed by atoms with Gasteiger partial charge in [0.2, 0.25) is 5.91 Å². The van der Waals surface area contributed by atoms with E-state index in [2.05, 4.69) is 5.32 Å². The summed E-state index contributed by atoms with van der Waals surface area (Å²) in [5, 5.41) is 13.9. The zero-order chi connectivity index (χ0) is 19.4. The Kier molecular flexibility index (Phi) is 5.72. The molecule has 27 heavy (non-hydrogen) atoms. The van der Waals surface area contributed by atoms with Crippen LogP contribution in [0.1, 0.15) is 10.6 Å². The Morgan fingerprint density at radius 3 is 2.48 bits per heavy atom. The van der Waals surface area contributed by atoms with Crippen molar-refractivity contribution in [1.29, 1.82) is 0 Å². The summed E-state index contributed by atoms with van der Waals surface area (Å²) in [7, 11) is 0. The van der Waals surface area contributed by atoms with Gasteiger partial charge in [-0.1, -0.05) is 23.7 Å². The van der Waals surface area contributed by atoms with Gasteiger partial charge >= 0.3 is 5.88 Å². The first-order chi connectivity index (χ1) is 12.9. The van der Waals surface area contributed by atoms with Crippen molar-refractivity contribution in [3.05, 3.63) is 57.3 Å². The number of para-hydroxylation sites is 1. The van der Waals surface area contributed by atoms with Crippen molar-refractivity contribution in [3.8, 4) is 0 Å². The van der Waals surface area contributed by atoms with Crippen LogP contribution in [0.3, 0.4) is 0 Å². The highest BCUT2D eigenvalue weighted by Gasteiger charge is 2.26. The van der Waals surface area contributed by atoms with Gasteiger partial charge in [-0.2, -0.15) is 0 Å². The van der Waals surface area contributed by atoms with E-state index in [0.29, 0.717) is 36.9 Å². The summed E-state index contributed by atoms with van der Waals surface area (Å²) in [5.41, 5.74) is 0.553. The van der Waals surface area contributed by atoms with Crippen molar-refractivity contribution >= 4 is 35.0 Å². The van der Waals surface area contributed by atoms with Crippen molar-refractivity contribution in [2.24, 2.45) is 0 Å². The molecule has 2 amide bonds. The minimum Gasteiger partial charge on any atom is -0.395 e. The van der Waals surface area contributed by atoms with Crippen molar-refractivity contribution < 1.29 is 18.9 Å². The van der Waals surface area contributed by atoms with E-state index in [-0.39, 0.29) is 18.2 Å². The molecule has 0 saturated carbocycles. The fraction of sp³-hybridized carbons (Fsp3) is 0.294. The number of anilines is 1. The van der Waals surface area contributed by atoms with Gasteiger partial charge in [-0.3, -0.25) is 24.6 Å². The molecule has 142 valence electrons. The average molecular weight is 393 g/mol. The molecule has 1 saturated heterocycles. The Morgan fingerprint density at radius 1 is 1.15 bits per heavy atom. The molecule has 0 radical (unpaired) electrons. The number of amides is 2. The Hall–Kier alpha value is -2.91. The molecule has 1 aliphatic heterocycles. The van der Waals surface area contributed by atoms with Gasteiger partial charge in [-0.05, 0) is 18.2 Å². The number of piperazine rings is 1. The second-order valence-electron chi connectivity index (χ2n) is 5.99. The molecule has 0 aliphatic carbocycles. The van der Waals surface area contributed by atoms with Crippen molar-refractivity contribution in [3.63, 3.8) is 0 Å². The molecule has 0 spiro atoms. The van der Waals surface area contributed by atoms with Gasteiger partial charge in [0, 0.05) is 26.2 Å². The summed E-state index contributed by atoms with van der Waals surface area (Å²) < 4.78 is 4.95. The summed E-state index contributed by atoms with van der Waals surface area (Å²) in [6.45, 7) is 1.98. The maximum absolute atomic E-state index is 12.3. The van der Waals surface area contributed by atoms with Crippen molar-refractivity contribution in [2.45, 2.75) is 0 Å². The third-order valence-electron chi connectivity index (χ3n) is 4.16. The third kappa shape index (κ3) is 4.63. The summed E-state index contributed by atoms with van der Waals surface area (Å²) >= 11 is 6.02. The van der Waals surface area contributed by atoms with E-state index >= 15 is 0 Å². The van der Waals surface area contributed by atoms with Crippen molar-refractivity contribution in [1.82, 2.24) is 9.80 Å². The van der Waals surface area contributed by atoms with E-state index in [1.54, 1.807) is 29.2 Å². The van der Waals surface area contributed by atoms with Gasteiger partial charge < -0.3 is 14.6 Å². The maximum Gasteiger partial charge on any atom is 0.433 e. The van der Waals surface area contributed by atoms with E-state index < -0.39 is 16.7 Å². The highest BCUT2D eigenvalue weighted by molar-refractivity contribution is 6.33. The number of carbonyl (C=O) groups is 2. The van der Waals surface area contributed by atoms with Crippen LogP contribution in [-0.2, 0) is 4.79 Å². The van der Waals surface area contributed by atoms with Gasteiger partial charge in [0.05, 0.1) is 23.3 Å². The minimum absolute atomic E-state index is 0.0633. The van der Waals surface area contributed by atoms with Crippen LogP contribution in [0, 0.1) is 10.1 Å². The monoisotopic (exact) mass is 392 g/mol. The number of nitro groups is 1. The van der Waals surface area contributed by atoms with Crippen LogP contribution in [0.2, 0.25) is 5.02 Å². The molecule has 0 bridgehead atoms. The molecule has 1 aromatic carbocycles. The lowest BCUT2D eigenvalue weighted by Gasteiger charge is -2.33. The Balaban J connectivity index is 1.49. The number of rotatable bonds is 5. The number of carbonyl (C=O) groups excluding carboxylic acids is 2. The van der Waals surface area contributed by atoms with Crippen molar-refractivity contribution in [2.75, 3.05) is 38.0 Å². The summed E-state index contributed by atoms with van der Waals surface area (Å²) in [6, 6.07) is 9.43. The van der Waals surface area contributed by atoms with Crippen LogP contribution in [0.25, 0.3) is 0 Å². The standard InChI is InChI=1S/C17H17ClN4O5/c18-12-3-1-2-4-13(12)19-15(23)11-20-7-9-21(10-8-20)17(24)14-5-6-16(27-14)22(25)26/h1-6H,7-11H2,(H,19,23). The second kappa shape index (κ2) is 8.19. The second-order valence-corrected chi connectivity index (χ2v) is 6.40. The number of hydrogen-bond acceptors (Lipinski definition) is 6. The lowest BCUT2D eigenvalue weighted by atomic mass is 10.2. The van der Waals surface area contributed by atoms with Crippen LogP contribution in [0.15, 0.2) is 40.8 Å². The predicted molar refractivity (Wildman–Crippen MR) is 97.8 cm³/mol. The van der Waals surface area contributed by atoms with E-state index in [0.717, 1.165) is 6.07 Å². The smallest absolute Gasteiger partial charge is 0.395 e. The number of nitrogens with zero attached hydrogens (tertiary/aromatic N) is 3. The molecule has 0 unspecified atom stereocenters. The highest BCUT2D eigenvalue weighted by atomic mass is 35.5. The van der Waals surface area contributed by atoms with Crippen LogP contribution in [-0.4, -0.2) is 59.3 Å². The molecule has 9 nitrogen and oxygen atoms in total. The lowest BCUT2D eigenvalue weighted by molar-refractivity contribution is -0.402. The zero-order valence-corrected chi connectivity index (χ0v) is 15.0. The van der Waals surface area contributed by atoms with E-state index in [1.807, 2.05) is 4.90 Å². The van der Waals surface area contributed by atoms with Gasteiger partial charge in [0.1, 0.15) is 4.92 Å². The Labute approximate surface area is 159 Å². The van der Waals surface area contributed by atoms with E-state index in [9.17, 15) is 19.7 Å². The Bertz CT molecular complexity index is 861. The van der Waals surface area contributed by atoms with E-state index in [4.69, 9.17) is 16.0 Å². The molecule has 1 fully saturated rings. The van der Waals surface area contributed by atoms with Gasteiger partial charge in [0.15, 0.2) is 5.76 Å². The quantitative estimate of drug-likeness (QED) is 0.617. The highest BCUT2D eigenvalue weighted by Crippen LogP contribution is 2.21. The van der Waals surface area contributed by atoms with Crippen LogP contribution >= 0.6 is 11.6 Å². The Morgan fingerprint density at radius 2 is 1.85 bits per heavy atom. The molecule has 3 rings (SSSR count). The molecular formula is C17H17ClN4O5. The van der Waals surface area contributed by atoms with Crippen LogP contribution in [0.5, 0.6) is 0 Å². The van der Waals surface area contributed by atoms with Gasteiger partial charge in [-0.25, -0.2) is 0 Å². The maximum atomic E-state index is 12.3. The first kappa shape index (κ1) is 18.9. The minimum atomic E-state index is -0.688. The topological polar surface area (TPSA) is 109 Å². The third-order valence-corrected chi connectivity index (χ3v) is 4.49. The van der Waals surface area contributed by atoms with Gasteiger partial charge in [-0.15, -0.1) is 0 Å². The first-order valence-corrected chi connectivity index (χ1v) is 8.62. The number of benzene rings is 1. The average Bonchev–Trinajstić information content (AvgIpc) is 3.14. The molecule has 1 aliphatic rings. The number of hydrogen-bond donors (Lipinski definition) is 1. The summed E-state index contributed by atoms with van der Waals surface area (Å²) in [5.74, 6) is -1.12. The number of furan rings is 1. The zero-order valence-electron chi connectivity index (χ0n) is 14.3. The predicted octanol–water partition coefficient (Wildman–Crippen LogP) is 2.24. The van der Waals surface area contributed by atoms with Crippen LogP contribution < -0.4 is 5.32 Å². The lowest BCUT2D eigenvalue weighted by Crippen LogP contribution is -2.50. The molecule has 2 aromatic rings. The fourth-order valence-electron chi connectivity index (χ4n) is 2.76. The normalized spacial score (nSPS) is 14.8. The van der Waals surface area contributed by atoms with Gasteiger partial charge in [0.25, 0.3) is 5.91 Å². The number of nitrogens with one attached hydrogen (secondary N) is 1. The largest absolute Gasteiger partial charge is 0.433 e. The summed E-state index contributed by atoms with van der Waals surface area (Å²) in [6.07, 6.45) is 0. The molecule has 1 N–H and O–H groups in total. The molecular weight excluding hydrogens is 376 g/mol. The molecule has 10 heteroatoms. The van der Waals surface area contributed by atoms with Crippen LogP contribution in [0.4, 0.5) is 11.6 Å². The molecule has 1 aromatic heterocycles. The number of halogens is 1. The SMILES string of the molecule is O=C(CN1CCN(C(=O)c2ccc([N+](=O)[O-])o2)CC1)Nc1ccccc1Cl. The van der Waals surface area contributed by atoms with E-state index in [1.165, 1.54) is 6.07 Å².